The van der Waals surface area contributed by atoms with E-state index in [1.807, 2.05) is 0 Å². The maximum absolute atomic E-state index is 12.0. The Hall–Kier alpha value is -2.05. The summed E-state index contributed by atoms with van der Waals surface area (Å²) in [6.45, 7) is 2.78. The number of hydrogen-bond acceptors (Lipinski definition) is 3. The number of Topliss-reactive ketones (excluding diaryl/α,β-unsaturated/α-hetero) is 1. The predicted molar refractivity (Wildman–Crippen MR) is 60.7 cm³/mol. The second-order valence-electron chi connectivity index (χ2n) is 3.88. The molecule has 1 atom stereocenters. The number of benzene rings is 1. The van der Waals surface area contributed by atoms with Crippen molar-refractivity contribution >= 4 is 11.7 Å². The van der Waals surface area contributed by atoms with Crippen LogP contribution in [0.3, 0.4) is 0 Å². The molecule has 0 radical (unpaired) electrons. The Balaban J connectivity index is 2.81. The molecule has 0 spiro atoms. The summed E-state index contributed by atoms with van der Waals surface area (Å²) in [4.78, 5) is 22.7. The lowest BCUT2D eigenvalue weighted by molar-refractivity contribution is -0.274. The van der Waals surface area contributed by atoms with E-state index >= 15 is 0 Å². The zero-order valence-electron chi connectivity index (χ0n) is 10.2. The molecule has 0 bridgehead atoms. The van der Waals surface area contributed by atoms with E-state index in [1.165, 1.54) is 26.0 Å². The van der Waals surface area contributed by atoms with E-state index in [0.717, 1.165) is 12.1 Å². The Morgan fingerprint density at radius 1 is 1.32 bits per heavy atom. The van der Waals surface area contributed by atoms with Gasteiger partial charge < -0.3 is 10.1 Å². The maximum Gasteiger partial charge on any atom is 0.573 e. The van der Waals surface area contributed by atoms with Gasteiger partial charge in [-0.05, 0) is 32.0 Å². The molecule has 0 fully saturated rings. The number of alkyl halides is 3. The lowest BCUT2D eigenvalue weighted by Gasteiger charge is -2.12. The van der Waals surface area contributed by atoms with Crippen LogP contribution in [0, 0.1) is 0 Å². The van der Waals surface area contributed by atoms with Crippen molar-refractivity contribution in [3.8, 4) is 5.75 Å². The number of carbonyl (C=O) groups excluding carboxylic acids is 2. The van der Waals surface area contributed by atoms with E-state index < -0.39 is 24.1 Å². The van der Waals surface area contributed by atoms with E-state index in [4.69, 9.17) is 0 Å². The first-order chi connectivity index (χ1) is 8.69. The van der Waals surface area contributed by atoms with Gasteiger partial charge in [-0.1, -0.05) is 6.07 Å². The van der Waals surface area contributed by atoms with E-state index in [9.17, 15) is 22.8 Å². The Labute approximate surface area is 107 Å². The largest absolute Gasteiger partial charge is 0.573 e. The van der Waals surface area contributed by atoms with Crippen molar-refractivity contribution < 1.29 is 27.5 Å². The molecule has 1 amide bonds. The first-order valence-electron chi connectivity index (χ1n) is 5.36. The van der Waals surface area contributed by atoms with E-state index in [-0.39, 0.29) is 11.3 Å². The van der Waals surface area contributed by atoms with Crippen LogP contribution in [0.2, 0.25) is 0 Å². The molecule has 19 heavy (non-hydrogen) atoms. The van der Waals surface area contributed by atoms with Gasteiger partial charge in [0.05, 0.1) is 6.04 Å². The maximum atomic E-state index is 12.0. The molecule has 0 aliphatic heterocycles. The predicted octanol–water partition coefficient (Wildman–Crippen LogP) is 2.29. The topological polar surface area (TPSA) is 55.4 Å². The molecule has 0 heterocycles. The van der Waals surface area contributed by atoms with Gasteiger partial charge in [0.1, 0.15) is 5.75 Å². The van der Waals surface area contributed by atoms with Crippen LogP contribution < -0.4 is 10.1 Å². The van der Waals surface area contributed by atoms with E-state index in [1.54, 1.807) is 0 Å². The van der Waals surface area contributed by atoms with Gasteiger partial charge in [0, 0.05) is 5.56 Å². The van der Waals surface area contributed by atoms with Gasteiger partial charge in [-0.25, -0.2) is 0 Å². The SMILES string of the molecule is CC(=O)C(C)NC(=O)c1cccc(OC(F)(F)F)c1. The number of ether oxygens (including phenoxy) is 1. The number of carbonyl (C=O) groups is 2. The van der Waals surface area contributed by atoms with Gasteiger partial charge in [0.25, 0.3) is 5.91 Å². The molecule has 0 aliphatic carbocycles. The minimum atomic E-state index is -4.82. The van der Waals surface area contributed by atoms with Crippen LogP contribution in [0.5, 0.6) is 5.75 Å². The Bertz CT molecular complexity index is 485. The second-order valence-corrected chi connectivity index (χ2v) is 3.88. The van der Waals surface area contributed by atoms with Crippen LogP contribution in [0.1, 0.15) is 24.2 Å². The molecular weight excluding hydrogens is 263 g/mol. The fourth-order valence-corrected chi connectivity index (χ4v) is 1.22. The van der Waals surface area contributed by atoms with Crippen molar-refractivity contribution in [1.82, 2.24) is 5.32 Å². The molecule has 0 aliphatic rings. The van der Waals surface area contributed by atoms with Crippen molar-refractivity contribution in [2.45, 2.75) is 26.3 Å². The summed E-state index contributed by atoms with van der Waals surface area (Å²) in [5.74, 6) is -1.39. The van der Waals surface area contributed by atoms with Gasteiger partial charge in [-0.2, -0.15) is 0 Å². The molecule has 0 saturated carbocycles. The molecule has 0 saturated heterocycles. The monoisotopic (exact) mass is 275 g/mol. The van der Waals surface area contributed by atoms with Crippen molar-refractivity contribution in [3.63, 3.8) is 0 Å². The first kappa shape index (κ1) is 15.0. The average molecular weight is 275 g/mol. The van der Waals surface area contributed by atoms with Crippen LogP contribution in [0.4, 0.5) is 13.2 Å². The van der Waals surface area contributed by atoms with Crippen molar-refractivity contribution in [3.05, 3.63) is 29.8 Å². The molecule has 1 N–H and O–H groups in total. The third-order valence-electron chi connectivity index (χ3n) is 2.29. The average Bonchev–Trinajstić information content (AvgIpc) is 2.26. The molecule has 1 aromatic rings. The summed E-state index contributed by atoms with van der Waals surface area (Å²) in [7, 11) is 0. The summed E-state index contributed by atoms with van der Waals surface area (Å²) < 4.78 is 39.8. The molecule has 4 nitrogen and oxygen atoms in total. The van der Waals surface area contributed by atoms with E-state index in [2.05, 4.69) is 10.1 Å². The highest BCUT2D eigenvalue weighted by molar-refractivity contribution is 5.97. The summed E-state index contributed by atoms with van der Waals surface area (Å²) in [5, 5.41) is 2.36. The van der Waals surface area contributed by atoms with Gasteiger partial charge in [0.2, 0.25) is 0 Å². The summed E-state index contributed by atoms with van der Waals surface area (Å²) >= 11 is 0. The minimum Gasteiger partial charge on any atom is -0.406 e. The zero-order valence-corrected chi connectivity index (χ0v) is 10.2. The van der Waals surface area contributed by atoms with Gasteiger partial charge in [-0.3, -0.25) is 9.59 Å². The lowest BCUT2D eigenvalue weighted by Crippen LogP contribution is -2.37. The highest BCUT2D eigenvalue weighted by Gasteiger charge is 2.31. The number of hydrogen-bond donors (Lipinski definition) is 1. The van der Waals surface area contributed by atoms with Crippen LogP contribution in [0.25, 0.3) is 0 Å². The lowest BCUT2D eigenvalue weighted by atomic mass is 10.1. The molecule has 104 valence electrons. The molecule has 1 rings (SSSR count). The standard InChI is InChI=1S/C12H12F3NO3/c1-7(8(2)17)16-11(18)9-4-3-5-10(6-9)19-12(13,14)15/h3-7H,1-2H3,(H,16,18). The summed E-state index contributed by atoms with van der Waals surface area (Å²) in [6, 6.07) is 3.91. The van der Waals surface area contributed by atoms with Crippen LogP contribution >= 0.6 is 0 Å². The van der Waals surface area contributed by atoms with Gasteiger partial charge in [-0.15, -0.1) is 13.2 Å². The Kier molecular flexibility index (Phi) is 4.52. The fourth-order valence-electron chi connectivity index (χ4n) is 1.22. The molecule has 1 aromatic carbocycles. The van der Waals surface area contributed by atoms with Crippen molar-refractivity contribution in [2.24, 2.45) is 0 Å². The Morgan fingerprint density at radius 2 is 1.95 bits per heavy atom. The minimum absolute atomic E-state index is 0.0187. The zero-order chi connectivity index (χ0) is 14.6. The van der Waals surface area contributed by atoms with Crippen molar-refractivity contribution in [1.29, 1.82) is 0 Å². The number of ketones is 1. The van der Waals surface area contributed by atoms with E-state index in [0.29, 0.717) is 0 Å². The second kappa shape index (κ2) is 5.73. The molecule has 0 aromatic heterocycles. The quantitative estimate of drug-likeness (QED) is 0.917. The normalized spacial score (nSPS) is 12.7. The smallest absolute Gasteiger partial charge is 0.406 e. The van der Waals surface area contributed by atoms with Gasteiger partial charge in [0.15, 0.2) is 5.78 Å². The number of amides is 1. The number of halogens is 3. The van der Waals surface area contributed by atoms with Crippen LogP contribution in [-0.2, 0) is 4.79 Å². The molecule has 1 unspecified atom stereocenters. The summed E-state index contributed by atoms with van der Waals surface area (Å²) in [5.41, 5.74) is -0.0187. The Morgan fingerprint density at radius 3 is 2.47 bits per heavy atom. The van der Waals surface area contributed by atoms with Crippen molar-refractivity contribution in [2.75, 3.05) is 0 Å². The van der Waals surface area contributed by atoms with Crippen LogP contribution in [0.15, 0.2) is 24.3 Å². The van der Waals surface area contributed by atoms with Crippen LogP contribution in [-0.4, -0.2) is 24.1 Å². The molecule has 7 heteroatoms. The third kappa shape index (κ3) is 4.99. The van der Waals surface area contributed by atoms with Gasteiger partial charge >= 0.3 is 6.36 Å². The highest BCUT2D eigenvalue weighted by atomic mass is 19.4. The molecular formula is C12H12F3NO3. The number of rotatable bonds is 4. The highest BCUT2D eigenvalue weighted by Crippen LogP contribution is 2.23. The third-order valence-corrected chi connectivity index (χ3v) is 2.29. The first-order valence-corrected chi connectivity index (χ1v) is 5.36. The fraction of sp³-hybridized carbons (Fsp3) is 0.333. The summed E-state index contributed by atoms with van der Waals surface area (Å²) in [6.07, 6.45) is -4.82. The number of nitrogens with one attached hydrogen (secondary N) is 1.